The van der Waals surface area contributed by atoms with E-state index in [0.29, 0.717) is 61.4 Å². The molecule has 0 saturated carbocycles. The molecule has 2 N–H and O–H groups in total. The van der Waals surface area contributed by atoms with Crippen LogP contribution < -0.4 is 9.64 Å². The number of rotatable bonds is 8. The average Bonchev–Trinajstić information content (AvgIpc) is 2.89. The topological polar surface area (TPSA) is 86.1 Å². The molecule has 0 spiro atoms. The Morgan fingerprint density at radius 2 is 1.61 bits per heavy atom. The lowest BCUT2D eigenvalue weighted by molar-refractivity contribution is -0.132. The van der Waals surface area contributed by atoms with Gasteiger partial charge in [0.1, 0.15) is 23.4 Å². The number of carbonyl (C=O) groups is 1. The molecule has 1 saturated heterocycles. The normalized spacial score (nSPS) is 14.7. The van der Waals surface area contributed by atoms with Crippen molar-refractivity contribution in [1.82, 2.24) is 9.88 Å². The fraction of sp³-hybridized carbons (Fsp3) is 0.357. The zero-order chi connectivity index (χ0) is 25.7. The molecule has 2 aromatic carbocycles. The molecule has 2 heterocycles. The Labute approximate surface area is 210 Å². The Morgan fingerprint density at radius 1 is 1.00 bits per heavy atom. The molecule has 0 radical (unpaired) electrons. The van der Waals surface area contributed by atoms with Gasteiger partial charge in [-0.2, -0.15) is 0 Å². The number of anilines is 1. The maximum absolute atomic E-state index is 13.1. The van der Waals surface area contributed by atoms with E-state index in [1.54, 1.807) is 30.3 Å². The summed E-state index contributed by atoms with van der Waals surface area (Å²) in [5.74, 6) is 1.31. The van der Waals surface area contributed by atoms with Crippen molar-refractivity contribution in [2.24, 2.45) is 5.92 Å². The van der Waals surface area contributed by atoms with E-state index in [2.05, 4.69) is 9.88 Å². The SMILES string of the molecule is CC(C)CC(=O)N1CCN(c2cc(-c3ccc(Oc4ccc(F)cc4)cc3)nc([C@@H](O)CO)c2)CC1. The van der Waals surface area contributed by atoms with E-state index in [1.807, 2.05) is 36.9 Å². The minimum absolute atomic E-state index is 0.180. The summed E-state index contributed by atoms with van der Waals surface area (Å²) in [5, 5.41) is 19.8. The largest absolute Gasteiger partial charge is 0.457 e. The van der Waals surface area contributed by atoms with Crippen molar-refractivity contribution in [2.75, 3.05) is 37.7 Å². The van der Waals surface area contributed by atoms with Gasteiger partial charge in [-0.25, -0.2) is 9.37 Å². The van der Waals surface area contributed by atoms with Crippen LogP contribution in [0.2, 0.25) is 0 Å². The molecule has 1 amide bonds. The highest BCUT2D eigenvalue weighted by Crippen LogP contribution is 2.30. The number of piperazine rings is 1. The van der Waals surface area contributed by atoms with Crippen molar-refractivity contribution >= 4 is 11.6 Å². The zero-order valence-electron chi connectivity index (χ0n) is 20.6. The highest BCUT2D eigenvalue weighted by molar-refractivity contribution is 5.77. The third kappa shape index (κ3) is 6.38. The van der Waals surface area contributed by atoms with Crippen LogP contribution in [0, 0.1) is 11.7 Å². The van der Waals surface area contributed by atoms with Crippen LogP contribution in [0.3, 0.4) is 0 Å². The quantitative estimate of drug-likeness (QED) is 0.484. The van der Waals surface area contributed by atoms with Crippen LogP contribution in [0.25, 0.3) is 11.3 Å². The van der Waals surface area contributed by atoms with Crippen molar-refractivity contribution in [3.8, 4) is 22.8 Å². The first kappa shape index (κ1) is 25.6. The first-order valence-corrected chi connectivity index (χ1v) is 12.2. The van der Waals surface area contributed by atoms with Crippen LogP contribution in [0.5, 0.6) is 11.5 Å². The summed E-state index contributed by atoms with van der Waals surface area (Å²) in [6.07, 6.45) is -0.550. The number of carbonyl (C=O) groups excluding carboxylic acids is 1. The number of hydrogen-bond donors (Lipinski definition) is 2. The van der Waals surface area contributed by atoms with Crippen LogP contribution in [-0.2, 0) is 4.79 Å². The third-order valence-electron chi connectivity index (χ3n) is 6.12. The molecule has 190 valence electrons. The molecule has 1 aliphatic heterocycles. The van der Waals surface area contributed by atoms with E-state index in [-0.39, 0.29) is 11.7 Å². The van der Waals surface area contributed by atoms with Crippen LogP contribution in [0.15, 0.2) is 60.7 Å². The minimum atomic E-state index is -1.10. The summed E-state index contributed by atoms with van der Waals surface area (Å²) >= 11 is 0. The van der Waals surface area contributed by atoms with E-state index < -0.39 is 12.7 Å². The van der Waals surface area contributed by atoms with Gasteiger partial charge in [-0.1, -0.05) is 13.8 Å². The second kappa shape index (κ2) is 11.5. The Kier molecular flexibility index (Phi) is 8.18. The number of nitrogens with zero attached hydrogens (tertiary/aromatic N) is 3. The second-order valence-electron chi connectivity index (χ2n) is 9.38. The molecule has 7 nitrogen and oxygen atoms in total. The predicted octanol–water partition coefficient (Wildman–Crippen LogP) is 4.40. The summed E-state index contributed by atoms with van der Waals surface area (Å²) in [6, 6.07) is 16.9. The summed E-state index contributed by atoms with van der Waals surface area (Å²) in [4.78, 5) is 21.1. The molecule has 1 aromatic heterocycles. The van der Waals surface area contributed by atoms with E-state index in [9.17, 15) is 19.4 Å². The lowest BCUT2D eigenvalue weighted by Gasteiger charge is -2.36. The average molecular weight is 494 g/mol. The molecule has 0 aliphatic carbocycles. The molecule has 4 rings (SSSR count). The van der Waals surface area contributed by atoms with E-state index >= 15 is 0 Å². The minimum Gasteiger partial charge on any atom is -0.457 e. The van der Waals surface area contributed by atoms with Gasteiger partial charge in [0.25, 0.3) is 0 Å². The Balaban J connectivity index is 1.52. The smallest absolute Gasteiger partial charge is 0.222 e. The van der Waals surface area contributed by atoms with Crippen molar-refractivity contribution in [2.45, 2.75) is 26.4 Å². The Hall–Kier alpha value is -3.49. The van der Waals surface area contributed by atoms with Gasteiger partial charge < -0.3 is 24.7 Å². The van der Waals surface area contributed by atoms with Crippen molar-refractivity contribution < 1.29 is 24.1 Å². The lowest BCUT2D eigenvalue weighted by atomic mass is 10.1. The molecule has 36 heavy (non-hydrogen) atoms. The fourth-order valence-electron chi connectivity index (χ4n) is 4.16. The second-order valence-corrected chi connectivity index (χ2v) is 9.38. The number of aliphatic hydroxyl groups is 2. The summed E-state index contributed by atoms with van der Waals surface area (Å²) < 4.78 is 18.9. The molecule has 8 heteroatoms. The molecule has 3 aromatic rings. The summed E-state index contributed by atoms with van der Waals surface area (Å²) in [7, 11) is 0. The highest BCUT2D eigenvalue weighted by Gasteiger charge is 2.23. The monoisotopic (exact) mass is 493 g/mol. The number of pyridine rings is 1. The Bertz CT molecular complexity index is 1160. The number of ether oxygens (including phenoxy) is 1. The molecular weight excluding hydrogens is 461 g/mol. The van der Waals surface area contributed by atoms with Crippen LogP contribution in [0.4, 0.5) is 10.1 Å². The van der Waals surface area contributed by atoms with E-state index in [4.69, 9.17) is 4.74 Å². The van der Waals surface area contributed by atoms with Gasteiger partial charge >= 0.3 is 0 Å². The van der Waals surface area contributed by atoms with Crippen LogP contribution in [-0.4, -0.2) is 58.8 Å². The number of aliphatic hydroxyl groups excluding tert-OH is 2. The van der Waals surface area contributed by atoms with Gasteiger partial charge in [-0.15, -0.1) is 0 Å². The standard InChI is InChI=1S/C28H32FN3O4/c1-19(2)15-28(35)32-13-11-31(12-14-32)22-16-25(30-26(17-22)27(34)18-33)20-3-7-23(8-4-20)36-24-9-5-21(29)6-10-24/h3-10,16-17,19,27,33-34H,11-15,18H2,1-2H3/t27-/m0/s1. The van der Waals surface area contributed by atoms with Gasteiger partial charge in [-0.3, -0.25) is 4.79 Å². The molecule has 1 aliphatic rings. The molecule has 0 bridgehead atoms. The van der Waals surface area contributed by atoms with Crippen LogP contribution >= 0.6 is 0 Å². The van der Waals surface area contributed by atoms with Gasteiger partial charge in [0.05, 0.1) is 18.0 Å². The van der Waals surface area contributed by atoms with Crippen molar-refractivity contribution in [3.63, 3.8) is 0 Å². The molecular formula is C28H32FN3O4. The first-order chi connectivity index (χ1) is 17.3. The summed E-state index contributed by atoms with van der Waals surface area (Å²) in [6.45, 7) is 6.27. The van der Waals surface area contributed by atoms with Gasteiger partial charge in [0.15, 0.2) is 0 Å². The van der Waals surface area contributed by atoms with E-state index in [1.165, 1.54) is 12.1 Å². The van der Waals surface area contributed by atoms with Gasteiger partial charge in [0.2, 0.25) is 5.91 Å². The lowest BCUT2D eigenvalue weighted by Crippen LogP contribution is -2.49. The zero-order valence-corrected chi connectivity index (χ0v) is 20.6. The fourth-order valence-corrected chi connectivity index (χ4v) is 4.16. The number of hydrogen-bond acceptors (Lipinski definition) is 6. The Morgan fingerprint density at radius 3 is 2.19 bits per heavy atom. The van der Waals surface area contributed by atoms with Crippen molar-refractivity contribution in [1.29, 1.82) is 0 Å². The molecule has 1 fully saturated rings. The number of amides is 1. The van der Waals surface area contributed by atoms with Crippen molar-refractivity contribution in [3.05, 3.63) is 72.2 Å². The maximum Gasteiger partial charge on any atom is 0.222 e. The van der Waals surface area contributed by atoms with Crippen LogP contribution in [0.1, 0.15) is 32.1 Å². The number of aromatic nitrogens is 1. The van der Waals surface area contributed by atoms with Gasteiger partial charge in [-0.05, 0) is 66.6 Å². The van der Waals surface area contributed by atoms with E-state index in [0.717, 1.165) is 11.3 Å². The maximum atomic E-state index is 13.1. The summed E-state index contributed by atoms with van der Waals surface area (Å²) in [5.41, 5.74) is 2.74. The number of benzene rings is 2. The predicted molar refractivity (Wildman–Crippen MR) is 136 cm³/mol. The van der Waals surface area contributed by atoms with Gasteiger partial charge in [0, 0.05) is 43.9 Å². The highest BCUT2D eigenvalue weighted by atomic mass is 19.1. The third-order valence-corrected chi connectivity index (χ3v) is 6.12. The number of halogens is 1. The molecule has 1 atom stereocenters. The first-order valence-electron chi connectivity index (χ1n) is 12.2. The molecule has 0 unspecified atom stereocenters.